The Hall–Kier alpha value is -3.13. The van der Waals surface area contributed by atoms with Crippen molar-refractivity contribution >= 4 is 32.3 Å². The molecule has 0 unspecified atom stereocenters. The SMILES string of the molecule is O=C(CCS(=O)(=O)c1ccc2c(c1)OCCO2)Nc1ccc2ncccc2c1. The fourth-order valence-electron chi connectivity index (χ4n) is 2.94. The van der Waals surface area contributed by atoms with Crippen molar-refractivity contribution in [3.8, 4) is 11.5 Å². The molecule has 1 amide bonds. The van der Waals surface area contributed by atoms with E-state index in [2.05, 4.69) is 10.3 Å². The summed E-state index contributed by atoms with van der Waals surface area (Å²) in [5.74, 6) is 0.257. The summed E-state index contributed by atoms with van der Waals surface area (Å²) in [4.78, 5) is 16.6. The molecule has 0 saturated heterocycles. The monoisotopic (exact) mass is 398 g/mol. The number of aromatic nitrogens is 1. The Bertz CT molecular complexity index is 1140. The van der Waals surface area contributed by atoms with E-state index >= 15 is 0 Å². The largest absolute Gasteiger partial charge is 0.486 e. The smallest absolute Gasteiger partial charge is 0.225 e. The lowest BCUT2D eigenvalue weighted by Crippen LogP contribution is -2.18. The van der Waals surface area contributed by atoms with Gasteiger partial charge in [0.1, 0.15) is 13.2 Å². The lowest BCUT2D eigenvalue weighted by Gasteiger charge is -2.18. The highest BCUT2D eigenvalue weighted by atomic mass is 32.2. The summed E-state index contributed by atoms with van der Waals surface area (Å²) in [6, 6.07) is 13.5. The second-order valence-electron chi connectivity index (χ2n) is 6.33. The van der Waals surface area contributed by atoms with E-state index in [9.17, 15) is 13.2 Å². The normalized spacial score (nSPS) is 13.3. The van der Waals surface area contributed by atoms with Gasteiger partial charge in [0.25, 0.3) is 0 Å². The van der Waals surface area contributed by atoms with Crippen LogP contribution in [0.3, 0.4) is 0 Å². The standard InChI is InChI=1S/C20H18N2O5S/c23-20(22-15-3-5-17-14(12-15)2-1-8-21-17)7-11-28(24,25)16-4-6-18-19(13-16)27-10-9-26-18/h1-6,8,12-13H,7,9-11H2,(H,22,23). The highest BCUT2D eigenvalue weighted by Gasteiger charge is 2.20. The van der Waals surface area contributed by atoms with E-state index in [1.54, 1.807) is 30.5 Å². The quantitative estimate of drug-likeness (QED) is 0.710. The molecule has 1 aliphatic rings. The van der Waals surface area contributed by atoms with Crippen LogP contribution in [-0.4, -0.2) is 38.3 Å². The molecule has 28 heavy (non-hydrogen) atoms. The van der Waals surface area contributed by atoms with Gasteiger partial charge >= 0.3 is 0 Å². The molecule has 1 N–H and O–H groups in total. The van der Waals surface area contributed by atoms with Crippen LogP contribution in [0.25, 0.3) is 10.9 Å². The molecule has 0 fully saturated rings. The van der Waals surface area contributed by atoms with Gasteiger partial charge in [-0.25, -0.2) is 8.42 Å². The van der Waals surface area contributed by atoms with Gasteiger partial charge in [0.05, 0.1) is 16.2 Å². The van der Waals surface area contributed by atoms with E-state index in [1.807, 2.05) is 12.1 Å². The maximum atomic E-state index is 12.6. The number of pyridine rings is 1. The number of nitrogens with zero attached hydrogens (tertiary/aromatic N) is 1. The summed E-state index contributed by atoms with van der Waals surface area (Å²) in [5, 5.41) is 3.62. The minimum Gasteiger partial charge on any atom is -0.486 e. The van der Waals surface area contributed by atoms with E-state index < -0.39 is 9.84 Å². The van der Waals surface area contributed by atoms with Gasteiger partial charge in [0.2, 0.25) is 5.91 Å². The van der Waals surface area contributed by atoms with E-state index in [-0.39, 0.29) is 23.0 Å². The summed E-state index contributed by atoms with van der Waals surface area (Å²) >= 11 is 0. The molecule has 2 heterocycles. The average Bonchev–Trinajstić information content (AvgIpc) is 2.72. The van der Waals surface area contributed by atoms with Gasteiger partial charge < -0.3 is 14.8 Å². The fraction of sp³-hybridized carbons (Fsp3) is 0.200. The molecule has 7 nitrogen and oxygen atoms in total. The van der Waals surface area contributed by atoms with Crippen molar-refractivity contribution in [3.63, 3.8) is 0 Å². The molecular weight excluding hydrogens is 380 g/mol. The maximum absolute atomic E-state index is 12.6. The molecular formula is C20H18N2O5S. The first kappa shape index (κ1) is 18.2. The minimum atomic E-state index is -3.62. The number of anilines is 1. The summed E-state index contributed by atoms with van der Waals surface area (Å²) in [6.45, 7) is 0.810. The lowest BCUT2D eigenvalue weighted by atomic mass is 10.2. The summed E-state index contributed by atoms with van der Waals surface area (Å²) in [5.41, 5.74) is 1.42. The lowest BCUT2D eigenvalue weighted by molar-refractivity contribution is -0.115. The van der Waals surface area contributed by atoms with Crippen LogP contribution < -0.4 is 14.8 Å². The summed E-state index contributed by atoms with van der Waals surface area (Å²) in [6.07, 6.45) is 1.55. The van der Waals surface area contributed by atoms with Crippen molar-refractivity contribution < 1.29 is 22.7 Å². The van der Waals surface area contributed by atoms with Gasteiger partial charge in [-0.2, -0.15) is 0 Å². The first-order valence-electron chi connectivity index (χ1n) is 8.78. The maximum Gasteiger partial charge on any atom is 0.225 e. The molecule has 0 radical (unpaired) electrons. The van der Waals surface area contributed by atoms with Crippen molar-refractivity contribution in [2.24, 2.45) is 0 Å². The molecule has 144 valence electrons. The molecule has 0 aliphatic carbocycles. The number of nitrogens with one attached hydrogen (secondary N) is 1. The summed E-state index contributed by atoms with van der Waals surface area (Å²) in [7, 11) is -3.62. The molecule has 2 aromatic carbocycles. The molecule has 8 heteroatoms. The van der Waals surface area contributed by atoms with Crippen LogP contribution in [0.5, 0.6) is 11.5 Å². The number of fused-ring (bicyclic) bond motifs is 2. The first-order valence-corrected chi connectivity index (χ1v) is 10.4. The van der Waals surface area contributed by atoms with Crippen molar-refractivity contribution in [1.82, 2.24) is 4.98 Å². The molecule has 0 saturated carbocycles. The van der Waals surface area contributed by atoms with Crippen molar-refractivity contribution in [2.45, 2.75) is 11.3 Å². The van der Waals surface area contributed by atoms with Gasteiger partial charge in [-0.1, -0.05) is 6.07 Å². The zero-order chi connectivity index (χ0) is 19.6. The Balaban J connectivity index is 1.41. The fourth-order valence-corrected chi connectivity index (χ4v) is 4.19. The number of amides is 1. The third-order valence-electron chi connectivity index (χ3n) is 4.36. The molecule has 0 bridgehead atoms. The number of hydrogen-bond acceptors (Lipinski definition) is 6. The van der Waals surface area contributed by atoms with Crippen LogP contribution >= 0.6 is 0 Å². The van der Waals surface area contributed by atoms with Crippen molar-refractivity contribution in [2.75, 3.05) is 24.3 Å². The van der Waals surface area contributed by atoms with E-state index in [4.69, 9.17) is 9.47 Å². The Kier molecular flexibility index (Phi) is 4.87. The predicted octanol–water partition coefficient (Wildman–Crippen LogP) is 2.81. The number of carbonyl (C=O) groups is 1. The molecule has 3 aromatic rings. The van der Waals surface area contributed by atoms with Gasteiger partial charge in [0.15, 0.2) is 21.3 Å². The highest BCUT2D eigenvalue weighted by Crippen LogP contribution is 2.32. The van der Waals surface area contributed by atoms with Crippen LogP contribution in [-0.2, 0) is 14.6 Å². The zero-order valence-corrected chi connectivity index (χ0v) is 15.7. The minimum absolute atomic E-state index is 0.112. The van der Waals surface area contributed by atoms with Crippen LogP contribution in [0.4, 0.5) is 5.69 Å². The third kappa shape index (κ3) is 3.91. The number of sulfone groups is 1. The van der Waals surface area contributed by atoms with E-state index in [0.717, 1.165) is 10.9 Å². The summed E-state index contributed by atoms with van der Waals surface area (Å²) < 4.78 is 36.0. The Morgan fingerprint density at radius 3 is 2.71 bits per heavy atom. The molecule has 0 atom stereocenters. The average molecular weight is 398 g/mol. The van der Waals surface area contributed by atoms with E-state index in [0.29, 0.717) is 30.4 Å². The second kappa shape index (κ2) is 7.47. The highest BCUT2D eigenvalue weighted by molar-refractivity contribution is 7.91. The molecule has 1 aliphatic heterocycles. The molecule has 4 rings (SSSR count). The number of carbonyl (C=O) groups excluding carboxylic acids is 1. The Morgan fingerprint density at radius 2 is 1.86 bits per heavy atom. The van der Waals surface area contributed by atoms with Crippen molar-refractivity contribution in [3.05, 3.63) is 54.7 Å². The van der Waals surface area contributed by atoms with Crippen LogP contribution in [0, 0.1) is 0 Å². The Morgan fingerprint density at radius 1 is 1.04 bits per heavy atom. The second-order valence-corrected chi connectivity index (χ2v) is 8.44. The van der Waals surface area contributed by atoms with Crippen LogP contribution in [0.15, 0.2) is 59.6 Å². The van der Waals surface area contributed by atoms with Crippen LogP contribution in [0.1, 0.15) is 6.42 Å². The first-order chi connectivity index (χ1) is 13.5. The third-order valence-corrected chi connectivity index (χ3v) is 6.07. The molecule has 1 aromatic heterocycles. The van der Waals surface area contributed by atoms with Gasteiger partial charge in [-0.15, -0.1) is 0 Å². The Labute approximate surface area is 162 Å². The van der Waals surface area contributed by atoms with Gasteiger partial charge in [-0.3, -0.25) is 9.78 Å². The molecule has 0 spiro atoms. The van der Waals surface area contributed by atoms with Gasteiger partial charge in [0, 0.05) is 29.8 Å². The van der Waals surface area contributed by atoms with Crippen molar-refractivity contribution in [1.29, 1.82) is 0 Å². The zero-order valence-electron chi connectivity index (χ0n) is 14.9. The number of hydrogen-bond donors (Lipinski definition) is 1. The topological polar surface area (TPSA) is 94.6 Å². The number of ether oxygens (including phenoxy) is 2. The van der Waals surface area contributed by atoms with Gasteiger partial charge in [-0.05, 0) is 36.4 Å². The number of rotatable bonds is 5. The number of benzene rings is 2. The van der Waals surface area contributed by atoms with E-state index in [1.165, 1.54) is 12.1 Å². The predicted molar refractivity (Wildman–Crippen MR) is 104 cm³/mol. The van der Waals surface area contributed by atoms with Crippen LogP contribution in [0.2, 0.25) is 0 Å².